The molecule has 35 heavy (non-hydrogen) atoms. The Balaban J connectivity index is 1.58. The summed E-state index contributed by atoms with van der Waals surface area (Å²) in [6.45, 7) is 3.60. The number of rotatable bonds is 7. The van der Waals surface area contributed by atoms with Gasteiger partial charge in [0, 0.05) is 0 Å². The fraction of sp³-hybridized carbons (Fsp3) is 0.0769. The lowest BCUT2D eigenvalue weighted by Crippen LogP contribution is -2.40. The summed E-state index contributed by atoms with van der Waals surface area (Å²) in [6, 6.07) is 17.3. The molecule has 0 bridgehead atoms. The molecule has 4 aromatic rings. The lowest BCUT2D eigenvalue weighted by molar-refractivity contribution is 0.416. The summed E-state index contributed by atoms with van der Waals surface area (Å²) in [6.07, 6.45) is 0. The lowest BCUT2D eigenvalue weighted by atomic mass is 10.1. The van der Waals surface area contributed by atoms with Gasteiger partial charge in [-0.05, 0) is 85.6 Å². The van der Waals surface area contributed by atoms with E-state index in [9.17, 15) is 17.6 Å². The van der Waals surface area contributed by atoms with Gasteiger partial charge in [0.1, 0.15) is 11.5 Å². The highest BCUT2D eigenvalue weighted by atomic mass is 19.2. The highest BCUT2D eigenvalue weighted by Gasteiger charge is 2.17. The SMILES string of the molecule is Cc1cc(Oc2cccc(F)c2F)ccc1N(NN)c1ccc(Oc2cccc(F)c2F)cc1C. The van der Waals surface area contributed by atoms with E-state index in [2.05, 4.69) is 5.53 Å². The van der Waals surface area contributed by atoms with E-state index in [-0.39, 0.29) is 11.5 Å². The molecular formula is C26H21F4N3O2. The average molecular weight is 483 g/mol. The zero-order chi connectivity index (χ0) is 25.1. The minimum Gasteiger partial charge on any atom is -0.454 e. The van der Waals surface area contributed by atoms with E-state index in [1.165, 1.54) is 24.3 Å². The van der Waals surface area contributed by atoms with Crippen LogP contribution in [0.3, 0.4) is 0 Å². The fourth-order valence-corrected chi connectivity index (χ4v) is 3.53. The number of hydrazine groups is 2. The zero-order valence-electron chi connectivity index (χ0n) is 18.8. The van der Waals surface area contributed by atoms with Crippen molar-refractivity contribution in [2.24, 2.45) is 5.84 Å². The number of nitrogens with one attached hydrogen (secondary N) is 1. The summed E-state index contributed by atoms with van der Waals surface area (Å²) in [5.74, 6) is 1.81. The van der Waals surface area contributed by atoms with E-state index in [1.807, 2.05) is 0 Å². The molecule has 4 aromatic carbocycles. The van der Waals surface area contributed by atoms with Gasteiger partial charge in [-0.1, -0.05) is 12.1 Å². The number of halogens is 4. The van der Waals surface area contributed by atoms with Crippen molar-refractivity contribution in [3.05, 3.63) is 107 Å². The van der Waals surface area contributed by atoms with Crippen LogP contribution in [0.2, 0.25) is 0 Å². The van der Waals surface area contributed by atoms with Crippen molar-refractivity contribution in [3.63, 3.8) is 0 Å². The summed E-state index contributed by atoms with van der Waals surface area (Å²) >= 11 is 0. The van der Waals surface area contributed by atoms with Crippen LogP contribution in [-0.4, -0.2) is 0 Å². The van der Waals surface area contributed by atoms with Gasteiger partial charge in [-0.25, -0.2) is 8.78 Å². The first-order valence-corrected chi connectivity index (χ1v) is 10.5. The molecular weight excluding hydrogens is 462 g/mol. The van der Waals surface area contributed by atoms with Gasteiger partial charge in [-0.15, -0.1) is 0 Å². The monoisotopic (exact) mass is 483 g/mol. The predicted molar refractivity (Wildman–Crippen MR) is 125 cm³/mol. The van der Waals surface area contributed by atoms with Crippen molar-refractivity contribution >= 4 is 11.4 Å². The highest BCUT2D eigenvalue weighted by Crippen LogP contribution is 2.35. The van der Waals surface area contributed by atoms with Crippen molar-refractivity contribution in [1.82, 2.24) is 5.53 Å². The van der Waals surface area contributed by atoms with Gasteiger partial charge in [0.2, 0.25) is 11.6 Å². The Morgan fingerprint density at radius 2 is 1.09 bits per heavy atom. The Morgan fingerprint density at radius 1 is 0.657 bits per heavy atom. The molecule has 0 atom stereocenters. The van der Waals surface area contributed by atoms with Crippen LogP contribution < -0.4 is 25.9 Å². The molecule has 0 fully saturated rings. The van der Waals surface area contributed by atoms with Crippen molar-refractivity contribution in [3.8, 4) is 23.0 Å². The van der Waals surface area contributed by atoms with Crippen molar-refractivity contribution in [1.29, 1.82) is 0 Å². The van der Waals surface area contributed by atoms with Crippen LogP contribution >= 0.6 is 0 Å². The Kier molecular flexibility index (Phi) is 6.90. The molecule has 4 rings (SSSR count). The lowest BCUT2D eigenvalue weighted by Gasteiger charge is -2.27. The van der Waals surface area contributed by atoms with E-state index in [0.29, 0.717) is 22.9 Å². The summed E-state index contributed by atoms with van der Waals surface area (Å²) in [5, 5.41) is 1.60. The number of hydrogen-bond acceptors (Lipinski definition) is 5. The van der Waals surface area contributed by atoms with Crippen LogP contribution in [0.4, 0.5) is 28.9 Å². The van der Waals surface area contributed by atoms with Crippen molar-refractivity contribution in [2.45, 2.75) is 13.8 Å². The molecule has 0 aliphatic heterocycles. The normalized spacial score (nSPS) is 10.8. The van der Waals surface area contributed by atoms with Crippen molar-refractivity contribution < 1.29 is 27.0 Å². The molecule has 0 heterocycles. The zero-order valence-corrected chi connectivity index (χ0v) is 18.8. The van der Waals surface area contributed by atoms with Crippen LogP contribution in [-0.2, 0) is 0 Å². The first-order valence-electron chi connectivity index (χ1n) is 10.5. The van der Waals surface area contributed by atoms with Gasteiger partial charge in [0.25, 0.3) is 0 Å². The van der Waals surface area contributed by atoms with Gasteiger partial charge in [0.05, 0.1) is 11.4 Å². The minimum atomic E-state index is -1.07. The standard InChI is InChI=1S/C26H21F4N3O2/c1-15-13-17(34-23-7-3-5-19(27)25(23)29)9-11-21(15)33(32-31)22-12-10-18(14-16(22)2)35-24-8-4-6-20(28)26(24)30/h3-14,32H,31H2,1-2H3. The summed E-state index contributed by atoms with van der Waals surface area (Å²) in [7, 11) is 0. The topological polar surface area (TPSA) is 59.8 Å². The molecule has 3 N–H and O–H groups in total. The van der Waals surface area contributed by atoms with E-state index in [4.69, 9.17) is 15.3 Å². The number of anilines is 2. The van der Waals surface area contributed by atoms with Gasteiger partial charge >= 0.3 is 0 Å². The summed E-state index contributed by atoms with van der Waals surface area (Å²) in [5.41, 5.74) is 5.38. The molecule has 0 spiro atoms. The summed E-state index contributed by atoms with van der Waals surface area (Å²) < 4.78 is 65.8. The molecule has 0 amide bonds. The Hall–Kier alpha value is -4.08. The molecule has 0 radical (unpaired) electrons. The average Bonchev–Trinajstić information content (AvgIpc) is 2.83. The predicted octanol–water partition coefficient (Wildman–Crippen LogP) is 6.96. The third-order valence-electron chi connectivity index (χ3n) is 5.24. The van der Waals surface area contributed by atoms with E-state index in [1.54, 1.807) is 55.3 Å². The number of benzene rings is 4. The van der Waals surface area contributed by atoms with Gasteiger partial charge < -0.3 is 9.47 Å². The maximum absolute atomic E-state index is 13.9. The van der Waals surface area contributed by atoms with Gasteiger partial charge in [0.15, 0.2) is 23.1 Å². The third kappa shape index (κ3) is 5.06. The summed E-state index contributed by atoms with van der Waals surface area (Å²) in [4.78, 5) is 0. The Bertz CT molecular complexity index is 1280. The molecule has 0 unspecified atom stereocenters. The van der Waals surface area contributed by atoms with Crippen LogP contribution in [0.5, 0.6) is 23.0 Å². The van der Waals surface area contributed by atoms with Crippen LogP contribution in [0, 0.1) is 37.1 Å². The molecule has 0 aliphatic carbocycles. The number of nitrogens with zero attached hydrogens (tertiary/aromatic N) is 1. The number of nitrogens with two attached hydrogens (primary N) is 1. The number of hydrogen-bond donors (Lipinski definition) is 2. The highest BCUT2D eigenvalue weighted by molar-refractivity contribution is 5.69. The van der Waals surface area contributed by atoms with Crippen molar-refractivity contribution in [2.75, 3.05) is 5.01 Å². The van der Waals surface area contributed by atoms with Gasteiger partial charge in [-0.2, -0.15) is 14.3 Å². The largest absolute Gasteiger partial charge is 0.454 e. The van der Waals surface area contributed by atoms with E-state index >= 15 is 0 Å². The van der Waals surface area contributed by atoms with Gasteiger partial charge in [-0.3, -0.25) is 10.9 Å². The maximum atomic E-state index is 13.9. The molecule has 0 saturated heterocycles. The molecule has 0 aromatic heterocycles. The molecule has 5 nitrogen and oxygen atoms in total. The second-order valence-electron chi connectivity index (χ2n) is 7.67. The first-order chi connectivity index (χ1) is 16.8. The second kappa shape index (κ2) is 10.0. The van der Waals surface area contributed by atoms with Crippen LogP contribution in [0.15, 0.2) is 72.8 Å². The molecule has 0 saturated carbocycles. The molecule has 9 heteroatoms. The van der Waals surface area contributed by atoms with Crippen LogP contribution in [0.25, 0.3) is 0 Å². The smallest absolute Gasteiger partial charge is 0.201 e. The third-order valence-corrected chi connectivity index (χ3v) is 5.24. The molecule has 0 aliphatic rings. The van der Waals surface area contributed by atoms with E-state index < -0.39 is 23.3 Å². The Labute approximate surface area is 199 Å². The van der Waals surface area contributed by atoms with Crippen LogP contribution in [0.1, 0.15) is 11.1 Å². The Morgan fingerprint density at radius 3 is 1.46 bits per heavy atom. The number of ether oxygens (including phenoxy) is 2. The first kappa shape index (κ1) is 24.1. The minimum absolute atomic E-state index is 0.230. The second-order valence-corrected chi connectivity index (χ2v) is 7.67. The van der Waals surface area contributed by atoms with E-state index in [0.717, 1.165) is 23.3 Å². The quantitative estimate of drug-likeness (QED) is 0.169. The molecule has 180 valence electrons. The number of aryl methyl sites for hydroxylation is 2. The maximum Gasteiger partial charge on any atom is 0.201 e. The fourth-order valence-electron chi connectivity index (χ4n) is 3.53.